The van der Waals surface area contributed by atoms with Crippen molar-refractivity contribution in [3.05, 3.63) is 35.9 Å². The average molecular weight is 231 g/mol. The first kappa shape index (κ1) is 12.6. The molecular weight excluding hydrogens is 206 g/mol. The van der Waals surface area contributed by atoms with Gasteiger partial charge in [-0.1, -0.05) is 44.2 Å². The SMILES string of the molecule is CC(C)CCC1CC(c2ccccc2)CCN1. The summed E-state index contributed by atoms with van der Waals surface area (Å²) in [6.45, 7) is 5.82. The zero-order valence-corrected chi connectivity index (χ0v) is 11.2. The number of nitrogens with one attached hydrogen (secondary N) is 1. The summed E-state index contributed by atoms with van der Waals surface area (Å²) in [5.74, 6) is 1.60. The van der Waals surface area contributed by atoms with Crippen molar-refractivity contribution >= 4 is 0 Å². The van der Waals surface area contributed by atoms with Gasteiger partial charge in [-0.25, -0.2) is 0 Å². The molecule has 94 valence electrons. The fraction of sp³-hybridized carbons (Fsp3) is 0.625. The van der Waals surface area contributed by atoms with Crippen LogP contribution in [0.25, 0.3) is 0 Å². The van der Waals surface area contributed by atoms with Gasteiger partial charge in [0.15, 0.2) is 0 Å². The molecule has 1 heteroatoms. The van der Waals surface area contributed by atoms with Gasteiger partial charge in [-0.05, 0) is 49.6 Å². The summed E-state index contributed by atoms with van der Waals surface area (Å²) in [5.41, 5.74) is 1.53. The first-order valence-electron chi connectivity index (χ1n) is 7.04. The smallest absolute Gasteiger partial charge is 0.00729 e. The van der Waals surface area contributed by atoms with Crippen LogP contribution in [0.4, 0.5) is 0 Å². The molecule has 2 atom stereocenters. The predicted molar refractivity (Wildman–Crippen MR) is 74.3 cm³/mol. The van der Waals surface area contributed by atoms with Crippen LogP contribution in [0.2, 0.25) is 0 Å². The molecule has 0 spiro atoms. The summed E-state index contributed by atoms with van der Waals surface area (Å²) in [6, 6.07) is 11.8. The van der Waals surface area contributed by atoms with Crippen molar-refractivity contribution in [2.24, 2.45) is 5.92 Å². The lowest BCUT2D eigenvalue weighted by Gasteiger charge is -2.31. The zero-order valence-electron chi connectivity index (χ0n) is 11.2. The van der Waals surface area contributed by atoms with Crippen LogP contribution in [0, 0.1) is 5.92 Å². The standard InChI is InChI=1S/C16H25N/c1-13(2)8-9-16-12-15(10-11-17-16)14-6-4-3-5-7-14/h3-7,13,15-17H,8-12H2,1-2H3. The third kappa shape index (κ3) is 3.85. The number of piperidine rings is 1. The summed E-state index contributed by atoms with van der Waals surface area (Å²) in [5, 5.41) is 3.67. The van der Waals surface area contributed by atoms with E-state index in [2.05, 4.69) is 49.5 Å². The Hall–Kier alpha value is -0.820. The lowest BCUT2D eigenvalue weighted by atomic mass is 9.84. The molecular formula is C16H25N. The van der Waals surface area contributed by atoms with Gasteiger partial charge in [0.1, 0.15) is 0 Å². The third-order valence-corrected chi connectivity index (χ3v) is 3.86. The summed E-state index contributed by atoms with van der Waals surface area (Å²) in [7, 11) is 0. The Kier molecular flexibility index (Phi) is 4.61. The van der Waals surface area contributed by atoms with Crippen molar-refractivity contribution in [3.63, 3.8) is 0 Å². The maximum Gasteiger partial charge on any atom is 0.00729 e. The third-order valence-electron chi connectivity index (χ3n) is 3.86. The van der Waals surface area contributed by atoms with E-state index in [1.807, 2.05) is 0 Å². The van der Waals surface area contributed by atoms with Gasteiger partial charge in [0.25, 0.3) is 0 Å². The van der Waals surface area contributed by atoms with Crippen LogP contribution in [0.15, 0.2) is 30.3 Å². The molecule has 1 aromatic rings. The molecule has 2 rings (SSSR count). The van der Waals surface area contributed by atoms with Crippen molar-refractivity contribution < 1.29 is 0 Å². The van der Waals surface area contributed by atoms with Gasteiger partial charge in [-0.2, -0.15) is 0 Å². The quantitative estimate of drug-likeness (QED) is 0.827. The van der Waals surface area contributed by atoms with Crippen molar-refractivity contribution in [2.45, 2.75) is 51.5 Å². The Balaban J connectivity index is 1.89. The second-order valence-electron chi connectivity index (χ2n) is 5.75. The van der Waals surface area contributed by atoms with Gasteiger partial charge in [-0.15, -0.1) is 0 Å². The van der Waals surface area contributed by atoms with Gasteiger partial charge >= 0.3 is 0 Å². The minimum absolute atomic E-state index is 0.733. The van der Waals surface area contributed by atoms with Crippen LogP contribution < -0.4 is 5.32 Å². The van der Waals surface area contributed by atoms with E-state index >= 15 is 0 Å². The number of benzene rings is 1. The van der Waals surface area contributed by atoms with Crippen LogP contribution in [0.1, 0.15) is 51.0 Å². The molecule has 1 nitrogen and oxygen atoms in total. The molecule has 17 heavy (non-hydrogen) atoms. The normalized spacial score (nSPS) is 25.1. The minimum atomic E-state index is 0.733. The zero-order chi connectivity index (χ0) is 12.1. The van der Waals surface area contributed by atoms with E-state index in [4.69, 9.17) is 0 Å². The number of hydrogen-bond donors (Lipinski definition) is 1. The van der Waals surface area contributed by atoms with Crippen LogP contribution >= 0.6 is 0 Å². The molecule has 1 aliphatic rings. The van der Waals surface area contributed by atoms with Gasteiger partial charge in [0.2, 0.25) is 0 Å². The van der Waals surface area contributed by atoms with E-state index < -0.39 is 0 Å². The van der Waals surface area contributed by atoms with Crippen LogP contribution in [0.5, 0.6) is 0 Å². The fourth-order valence-corrected chi connectivity index (χ4v) is 2.79. The van der Waals surface area contributed by atoms with Crippen molar-refractivity contribution in [3.8, 4) is 0 Å². The highest BCUT2D eigenvalue weighted by atomic mass is 14.9. The summed E-state index contributed by atoms with van der Waals surface area (Å²) >= 11 is 0. The topological polar surface area (TPSA) is 12.0 Å². The molecule has 1 aliphatic heterocycles. The molecule has 0 amide bonds. The summed E-state index contributed by atoms with van der Waals surface area (Å²) < 4.78 is 0. The van der Waals surface area contributed by atoms with E-state index in [0.717, 1.165) is 17.9 Å². The molecule has 1 heterocycles. The Morgan fingerprint density at radius 3 is 2.71 bits per heavy atom. The second-order valence-corrected chi connectivity index (χ2v) is 5.75. The monoisotopic (exact) mass is 231 g/mol. The molecule has 2 unspecified atom stereocenters. The first-order chi connectivity index (χ1) is 8.25. The van der Waals surface area contributed by atoms with Crippen LogP contribution in [0.3, 0.4) is 0 Å². The highest BCUT2D eigenvalue weighted by Crippen LogP contribution is 2.29. The molecule has 1 fully saturated rings. The molecule has 0 aromatic heterocycles. The van der Waals surface area contributed by atoms with Crippen LogP contribution in [-0.4, -0.2) is 12.6 Å². The van der Waals surface area contributed by atoms with Gasteiger partial charge in [0.05, 0.1) is 0 Å². The average Bonchev–Trinajstić information content (AvgIpc) is 2.38. The Morgan fingerprint density at radius 2 is 2.00 bits per heavy atom. The largest absolute Gasteiger partial charge is 0.314 e. The molecule has 0 saturated carbocycles. The van der Waals surface area contributed by atoms with Crippen molar-refractivity contribution in [2.75, 3.05) is 6.54 Å². The van der Waals surface area contributed by atoms with Crippen LogP contribution in [-0.2, 0) is 0 Å². The highest BCUT2D eigenvalue weighted by molar-refractivity contribution is 5.20. The minimum Gasteiger partial charge on any atom is -0.314 e. The lowest BCUT2D eigenvalue weighted by molar-refractivity contribution is 0.329. The second kappa shape index (κ2) is 6.20. The molecule has 0 radical (unpaired) electrons. The summed E-state index contributed by atoms with van der Waals surface area (Å²) in [4.78, 5) is 0. The van der Waals surface area contributed by atoms with E-state index in [9.17, 15) is 0 Å². The van der Waals surface area contributed by atoms with E-state index in [0.29, 0.717) is 0 Å². The lowest BCUT2D eigenvalue weighted by Crippen LogP contribution is -2.37. The number of hydrogen-bond acceptors (Lipinski definition) is 1. The van der Waals surface area contributed by atoms with Gasteiger partial charge < -0.3 is 5.32 Å². The maximum absolute atomic E-state index is 3.67. The Labute approximate surface area is 106 Å². The van der Waals surface area contributed by atoms with Gasteiger partial charge in [-0.3, -0.25) is 0 Å². The predicted octanol–water partition coefficient (Wildman–Crippen LogP) is 3.96. The highest BCUT2D eigenvalue weighted by Gasteiger charge is 2.22. The molecule has 1 aromatic carbocycles. The Morgan fingerprint density at radius 1 is 1.24 bits per heavy atom. The van der Waals surface area contributed by atoms with Crippen molar-refractivity contribution in [1.29, 1.82) is 0 Å². The number of rotatable bonds is 4. The van der Waals surface area contributed by atoms with E-state index in [1.54, 1.807) is 0 Å². The van der Waals surface area contributed by atoms with Gasteiger partial charge in [0, 0.05) is 6.04 Å². The first-order valence-corrected chi connectivity index (χ1v) is 7.04. The summed E-state index contributed by atoms with van der Waals surface area (Å²) in [6.07, 6.45) is 5.29. The molecule has 0 bridgehead atoms. The van der Waals surface area contributed by atoms with Crippen molar-refractivity contribution in [1.82, 2.24) is 5.32 Å². The maximum atomic E-state index is 3.67. The van der Waals surface area contributed by atoms with E-state index in [1.165, 1.54) is 37.8 Å². The molecule has 0 aliphatic carbocycles. The molecule has 1 saturated heterocycles. The Bertz CT molecular complexity index is 318. The van der Waals surface area contributed by atoms with E-state index in [-0.39, 0.29) is 0 Å². The molecule has 1 N–H and O–H groups in total. The fourth-order valence-electron chi connectivity index (χ4n) is 2.79.